The van der Waals surface area contributed by atoms with Crippen molar-refractivity contribution in [1.29, 1.82) is 0 Å². The van der Waals surface area contributed by atoms with Gasteiger partial charge in [0.15, 0.2) is 0 Å². The van der Waals surface area contributed by atoms with Crippen LogP contribution >= 0.6 is 11.9 Å². The monoisotopic (exact) mass is 265 g/mol. The lowest BCUT2D eigenvalue weighted by atomic mass is 9.90. The van der Waals surface area contributed by atoms with Crippen molar-refractivity contribution in [2.75, 3.05) is 5.32 Å². The highest BCUT2D eigenvalue weighted by molar-refractivity contribution is 7.97. The summed E-state index contributed by atoms with van der Waals surface area (Å²) in [5.41, 5.74) is 1.06. The fourth-order valence-electron chi connectivity index (χ4n) is 2.46. The van der Waals surface area contributed by atoms with Crippen LogP contribution in [0.4, 0.5) is 5.69 Å². The summed E-state index contributed by atoms with van der Waals surface area (Å²) in [5, 5.41) is 9.11. The van der Waals surface area contributed by atoms with Crippen LogP contribution < -0.4 is 10.5 Å². The van der Waals surface area contributed by atoms with Crippen LogP contribution in [0.25, 0.3) is 0 Å². The number of pyridine rings is 1. The molecule has 1 aliphatic carbocycles. The van der Waals surface area contributed by atoms with Gasteiger partial charge in [0.1, 0.15) is 5.03 Å². The van der Waals surface area contributed by atoms with E-state index in [4.69, 9.17) is 5.14 Å². The molecule has 18 heavy (non-hydrogen) atoms. The van der Waals surface area contributed by atoms with Crippen molar-refractivity contribution in [3.63, 3.8) is 0 Å². The first kappa shape index (κ1) is 13.4. The zero-order valence-electron chi connectivity index (χ0n) is 10.8. The highest BCUT2D eigenvalue weighted by Gasteiger charge is 2.34. The average Bonchev–Trinajstić information content (AvgIpc) is 2.70. The van der Waals surface area contributed by atoms with E-state index >= 15 is 0 Å². The summed E-state index contributed by atoms with van der Waals surface area (Å²) < 4.78 is 0. The van der Waals surface area contributed by atoms with Crippen LogP contribution in [-0.2, 0) is 4.79 Å². The maximum Gasteiger partial charge on any atom is 0.227 e. The molecule has 1 heterocycles. The minimum atomic E-state index is 0.111. The fourth-order valence-corrected chi connectivity index (χ4v) is 2.77. The maximum absolute atomic E-state index is 12.1. The standard InChI is InChI=1S/C13H19N3OS/c1-13(2)5-3-9(8-13)12(17)16-10-4-6-15-11(7-10)18-14/h4,6-7,9H,3,5,8,14H2,1-2H3,(H,15,16,17). The summed E-state index contributed by atoms with van der Waals surface area (Å²) in [4.78, 5) is 16.2. The molecule has 5 heteroatoms. The third-order valence-corrected chi connectivity index (χ3v) is 3.93. The molecule has 2 rings (SSSR count). The highest BCUT2D eigenvalue weighted by atomic mass is 32.2. The van der Waals surface area contributed by atoms with Gasteiger partial charge in [-0.1, -0.05) is 13.8 Å². The normalized spacial score (nSPS) is 21.8. The van der Waals surface area contributed by atoms with E-state index in [-0.39, 0.29) is 11.8 Å². The third-order valence-electron chi connectivity index (χ3n) is 3.46. The van der Waals surface area contributed by atoms with Gasteiger partial charge in [0.05, 0.1) is 0 Å². The molecule has 1 aromatic heterocycles. The minimum absolute atomic E-state index is 0.111. The minimum Gasteiger partial charge on any atom is -0.326 e. The van der Waals surface area contributed by atoms with Gasteiger partial charge in [-0.15, -0.1) is 0 Å². The molecular formula is C13H19N3OS. The molecule has 1 atom stereocenters. The lowest BCUT2D eigenvalue weighted by Crippen LogP contribution is -2.21. The van der Waals surface area contributed by atoms with Gasteiger partial charge in [-0.05, 0) is 48.8 Å². The molecule has 0 spiro atoms. The van der Waals surface area contributed by atoms with Crippen LogP contribution in [0.15, 0.2) is 23.4 Å². The smallest absolute Gasteiger partial charge is 0.227 e. The Morgan fingerprint density at radius 2 is 2.39 bits per heavy atom. The Hall–Kier alpha value is -1.07. The van der Waals surface area contributed by atoms with Crippen molar-refractivity contribution in [2.45, 2.75) is 38.1 Å². The van der Waals surface area contributed by atoms with E-state index in [9.17, 15) is 4.79 Å². The lowest BCUT2D eigenvalue weighted by Gasteiger charge is -2.17. The van der Waals surface area contributed by atoms with Crippen LogP contribution in [0.5, 0.6) is 0 Å². The zero-order chi connectivity index (χ0) is 13.2. The van der Waals surface area contributed by atoms with Gasteiger partial charge in [-0.25, -0.2) is 4.98 Å². The molecular weight excluding hydrogens is 246 g/mol. The summed E-state index contributed by atoms with van der Waals surface area (Å²) in [6.45, 7) is 4.44. The first-order chi connectivity index (χ1) is 8.50. The Morgan fingerprint density at radius 3 is 3.00 bits per heavy atom. The molecule has 1 aliphatic rings. The quantitative estimate of drug-likeness (QED) is 0.825. The molecule has 0 aromatic carbocycles. The van der Waals surface area contributed by atoms with Crippen LogP contribution in [0, 0.1) is 11.3 Å². The van der Waals surface area contributed by atoms with Gasteiger partial charge in [-0.3, -0.25) is 9.93 Å². The second kappa shape index (κ2) is 5.28. The van der Waals surface area contributed by atoms with Gasteiger partial charge >= 0.3 is 0 Å². The van der Waals surface area contributed by atoms with Crippen molar-refractivity contribution in [2.24, 2.45) is 16.5 Å². The maximum atomic E-state index is 12.1. The fraction of sp³-hybridized carbons (Fsp3) is 0.538. The summed E-state index contributed by atoms with van der Waals surface area (Å²) in [7, 11) is 0. The topological polar surface area (TPSA) is 68.0 Å². The van der Waals surface area contributed by atoms with E-state index in [1.807, 2.05) is 0 Å². The molecule has 1 unspecified atom stereocenters. The largest absolute Gasteiger partial charge is 0.326 e. The van der Waals surface area contributed by atoms with Crippen molar-refractivity contribution < 1.29 is 4.79 Å². The number of hydrogen-bond acceptors (Lipinski definition) is 4. The molecule has 1 fully saturated rings. The molecule has 1 saturated carbocycles. The Bertz CT molecular complexity index is 448. The first-order valence-corrected chi connectivity index (χ1v) is 7.02. The predicted molar refractivity (Wildman–Crippen MR) is 74.0 cm³/mol. The van der Waals surface area contributed by atoms with Gasteiger partial charge < -0.3 is 5.32 Å². The molecule has 3 N–H and O–H groups in total. The van der Waals surface area contributed by atoms with Crippen molar-refractivity contribution >= 4 is 23.5 Å². The predicted octanol–water partition coefficient (Wildman–Crippen LogP) is 2.81. The van der Waals surface area contributed by atoms with Crippen LogP contribution in [-0.4, -0.2) is 10.9 Å². The third kappa shape index (κ3) is 3.23. The Labute approximate surface area is 112 Å². The summed E-state index contributed by atoms with van der Waals surface area (Å²) in [6.07, 6.45) is 4.71. The van der Waals surface area contributed by atoms with Gasteiger partial charge in [0.2, 0.25) is 5.91 Å². The van der Waals surface area contributed by atoms with E-state index < -0.39 is 0 Å². The molecule has 0 aliphatic heterocycles. The lowest BCUT2D eigenvalue weighted by molar-refractivity contribution is -0.119. The molecule has 0 saturated heterocycles. The molecule has 1 aromatic rings. The number of carbonyl (C=O) groups is 1. The number of nitrogens with zero attached hydrogens (tertiary/aromatic N) is 1. The van der Waals surface area contributed by atoms with Crippen molar-refractivity contribution in [1.82, 2.24) is 4.98 Å². The van der Waals surface area contributed by atoms with Crippen LogP contribution in [0.1, 0.15) is 33.1 Å². The van der Waals surface area contributed by atoms with E-state index in [1.165, 1.54) is 0 Å². The number of amides is 1. The molecule has 0 radical (unpaired) electrons. The van der Waals surface area contributed by atoms with Crippen LogP contribution in [0.2, 0.25) is 0 Å². The Morgan fingerprint density at radius 1 is 1.61 bits per heavy atom. The van der Waals surface area contributed by atoms with Gasteiger partial charge in [0.25, 0.3) is 0 Å². The van der Waals surface area contributed by atoms with E-state index in [1.54, 1.807) is 18.3 Å². The van der Waals surface area contributed by atoms with E-state index in [2.05, 4.69) is 24.1 Å². The summed E-state index contributed by atoms with van der Waals surface area (Å²) >= 11 is 1.08. The van der Waals surface area contributed by atoms with Gasteiger partial charge in [0, 0.05) is 17.8 Å². The number of nitrogens with one attached hydrogen (secondary N) is 1. The first-order valence-electron chi connectivity index (χ1n) is 6.14. The number of aromatic nitrogens is 1. The summed E-state index contributed by atoms with van der Waals surface area (Å²) in [5.74, 6) is 0.238. The number of hydrogen-bond donors (Lipinski definition) is 2. The van der Waals surface area contributed by atoms with E-state index in [0.717, 1.165) is 36.9 Å². The van der Waals surface area contributed by atoms with Gasteiger partial charge in [-0.2, -0.15) is 0 Å². The Kier molecular flexibility index (Phi) is 3.92. The molecule has 4 nitrogen and oxygen atoms in total. The number of rotatable bonds is 3. The Balaban J connectivity index is 1.99. The average molecular weight is 265 g/mol. The highest BCUT2D eigenvalue weighted by Crippen LogP contribution is 2.41. The molecule has 98 valence electrons. The number of carbonyl (C=O) groups excluding carboxylic acids is 1. The van der Waals surface area contributed by atoms with Crippen molar-refractivity contribution in [3.8, 4) is 0 Å². The molecule has 0 bridgehead atoms. The molecule has 1 amide bonds. The number of nitrogens with two attached hydrogens (primary N) is 1. The summed E-state index contributed by atoms with van der Waals surface area (Å²) in [6, 6.07) is 3.58. The second-order valence-corrected chi connectivity index (χ2v) is 6.25. The van der Waals surface area contributed by atoms with Crippen LogP contribution in [0.3, 0.4) is 0 Å². The SMILES string of the molecule is CC1(C)CCC(C(=O)Nc2ccnc(SN)c2)C1. The second-order valence-electron chi connectivity index (χ2n) is 5.59. The zero-order valence-corrected chi connectivity index (χ0v) is 11.6. The van der Waals surface area contributed by atoms with E-state index in [0.29, 0.717) is 10.4 Å². The number of anilines is 1. The van der Waals surface area contributed by atoms with Crippen molar-refractivity contribution in [3.05, 3.63) is 18.3 Å².